The van der Waals surface area contributed by atoms with Crippen molar-refractivity contribution in [3.05, 3.63) is 0 Å². The lowest BCUT2D eigenvalue weighted by Gasteiger charge is -2.38. The number of hydrogen-bond donors (Lipinski definition) is 1. The second-order valence-electron chi connectivity index (χ2n) is 5.55. The molecular formula is C12H24N2O2S. The lowest BCUT2D eigenvalue weighted by Crippen LogP contribution is -2.51. The Morgan fingerprint density at radius 3 is 2.35 bits per heavy atom. The first-order chi connectivity index (χ1) is 8.01. The van der Waals surface area contributed by atoms with Crippen molar-refractivity contribution < 1.29 is 8.42 Å². The van der Waals surface area contributed by atoms with E-state index in [4.69, 9.17) is 5.73 Å². The maximum absolute atomic E-state index is 12.5. The molecule has 2 atom stereocenters. The third-order valence-electron chi connectivity index (χ3n) is 4.16. The fourth-order valence-electron chi connectivity index (χ4n) is 3.12. The van der Waals surface area contributed by atoms with Crippen LogP contribution >= 0.6 is 0 Å². The van der Waals surface area contributed by atoms with Crippen LogP contribution in [0.5, 0.6) is 0 Å². The molecule has 0 bridgehead atoms. The highest BCUT2D eigenvalue weighted by molar-refractivity contribution is 7.89. The molecule has 1 saturated carbocycles. The van der Waals surface area contributed by atoms with Crippen molar-refractivity contribution in [1.29, 1.82) is 0 Å². The number of rotatable bonds is 2. The maximum Gasteiger partial charge on any atom is 0.217 e. The Morgan fingerprint density at radius 2 is 1.76 bits per heavy atom. The molecule has 0 radical (unpaired) electrons. The molecule has 4 nitrogen and oxygen atoms in total. The smallest absolute Gasteiger partial charge is 0.217 e. The molecule has 0 aromatic rings. The zero-order chi connectivity index (χ0) is 12.5. The van der Waals surface area contributed by atoms with Gasteiger partial charge >= 0.3 is 0 Å². The fourth-order valence-corrected chi connectivity index (χ4v) is 5.38. The quantitative estimate of drug-likeness (QED) is 0.817. The van der Waals surface area contributed by atoms with E-state index >= 15 is 0 Å². The Hall–Kier alpha value is -0.130. The van der Waals surface area contributed by atoms with Crippen molar-refractivity contribution in [3.63, 3.8) is 0 Å². The molecule has 0 aromatic carbocycles. The van der Waals surface area contributed by atoms with Crippen LogP contribution in [0.2, 0.25) is 0 Å². The monoisotopic (exact) mass is 260 g/mol. The minimum Gasteiger partial charge on any atom is -0.328 e. The summed E-state index contributed by atoms with van der Waals surface area (Å²) in [7, 11) is -3.08. The third-order valence-corrected chi connectivity index (χ3v) is 6.67. The Balaban J connectivity index is 2.08. The van der Waals surface area contributed by atoms with Crippen LogP contribution in [0.15, 0.2) is 0 Å². The summed E-state index contributed by atoms with van der Waals surface area (Å²) in [6.45, 7) is 2.60. The summed E-state index contributed by atoms with van der Waals surface area (Å²) in [6.07, 6.45) is 6.60. The van der Waals surface area contributed by atoms with Crippen molar-refractivity contribution in [1.82, 2.24) is 4.31 Å². The topological polar surface area (TPSA) is 63.4 Å². The Bertz CT molecular complexity index is 350. The van der Waals surface area contributed by atoms with Gasteiger partial charge in [-0.3, -0.25) is 0 Å². The Kier molecular flexibility index (Phi) is 4.10. The fraction of sp³-hybridized carbons (Fsp3) is 1.00. The summed E-state index contributed by atoms with van der Waals surface area (Å²) in [6, 6.07) is 0.244. The third kappa shape index (κ3) is 2.83. The molecule has 2 aliphatic rings. The van der Waals surface area contributed by atoms with Gasteiger partial charge < -0.3 is 5.73 Å². The number of piperidine rings is 1. The first kappa shape index (κ1) is 13.3. The van der Waals surface area contributed by atoms with E-state index in [-0.39, 0.29) is 17.3 Å². The van der Waals surface area contributed by atoms with Crippen LogP contribution in [0, 0.1) is 0 Å². The molecule has 0 amide bonds. The highest BCUT2D eigenvalue weighted by Gasteiger charge is 2.37. The van der Waals surface area contributed by atoms with Crippen molar-refractivity contribution in [2.24, 2.45) is 5.73 Å². The van der Waals surface area contributed by atoms with Crippen LogP contribution in [0.3, 0.4) is 0 Å². The van der Waals surface area contributed by atoms with Gasteiger partial charge in [-0.05, 0) is 32.6 Å². The van der Waals surface area contributed by atoms with Crippen LogP contribution in [0.25, 0.3) is 0 Å². The molecule has 1 aliphatic carbocycles. The van der Waals surface area contributed by atoms with Gasteiger partial charge in [0.15, 0.2) is 0 Å². The summed E-state index contributed by atoms with van der Waals surface area (Å²) in [4.78, 5) is 0. The molecule has 100 valence electrons. The van der Waals surface area contributed by atoms with Gasteiger partial charge in [-0.1, -0.05) is 19.3 Å². The molecule has 1 heterocycles. The first-order valence-electron chi connectivity index (χ1n) is 6.78. The van der Waals surface area contributed by atoms with E-state index in [0.717, 1.165) is 38.5 Å². The first-order valence-corrected chi connectivity index (χ1v) is 8.28. The Labute approximate surface area is 105 Å². The van der Waals surface area contributed by atoms with Crippen LogP contribution in [-0.4, -0.2) is 36.6 Å². The zero-order valence-electron chi connectivity index (χ0n) is 10.6. The molecule has 0 spiro atoms. The summed E-state index contributed by atoms with van der Waals surface area (Å²) in [5.41, 5.74) is 5.89. The van der Waals surface area contributed by atoms with Crippen molar-refractivity contribution >= 4 is 10.0 Å². The minimum atomic E-state index is -3.08. The SMILES string of the molecule is CC1CC(N)CCN1S(=O)(=O)C1CCCCC1. The van der Waals surface area contributed by atoms with Gasteiger partial charge in [-0.15, -0.1) is 0 Å². The molecule has 5 heteroatoms. The van der Waals surface area contributed by atoms with Crippen LogP contribution in [-0.2, 0) is 10.0 Å². The predicted octanol–water partition coefficient (Wildman–Crippen LogP) is 1.46. The van der Waals surface area contributed by atoms with E-state index in [2.05, 4.69) is 0 Å². The van der Waals surface area contributed by atoms with Gasteiger partial charge in [0.25, 0.3) is 0 Å². The second-order valence-corrected chi connectivity index (χ2v) is 7.71. The van der Waals surface area contributed by atoms with Gasteiger partial charge in [0.2, 0.25) is 10.0 Å². The van der Waals surface area contributed by atoms with Gasteiger partial charge in [-0.2, -0.15) is 4.31 Å². The highest BCUT2D eigenvalue weighted by atomic mass is 32.2. The zero-order valence-corrected chi connectivity index (χ0v) is 11.5. The maximum atomic E-state index is 12.5. The molecular weight excluding hydrogens is 236 g/mol. The van der Waals surface area contributed by atoms with E-state index in [1.165, 1.54) is 6.42 Å². The van der Waals surface area contributed by atoms with Gasteiger partial charge in [0.1, 0.15) is 0 Å². The number of nitrogens with two attached hydrogens (primary N) is 1. The van der Waals surface area contributed by atoms with E-state index < -0.39 is 10.0 Å². The Morgan fingerprint density at radius 1 is 1.12 bits per heavy atom. The minimum absolute atomic E-state index is 0.0747. The van der Waals surface area contributed by atoms with Crippen molar-refractivity contribution in [2.75, 3.05) is 6.54 Å². The molecule has 0 aromatic heterocycles. The average Bonchev–Trinajstić information content (AvgIpc) is 2.29. The van der Waals surface area contributed by atoms with Crippen molar-refractivity contribution in [3.8, 4) is 0 Å². The summed E-state index contributed by atoms with van der Waals surface area (Å²) >= 11 is 0. The summed E-state index contributed by atoms with van der Waals surface area (Å²) in [5.74, 6) is 0. The van der Waals surface area contributed by atoms with E-state index in [1.807, 2.05) is 6.92 Å². The molecule has 1 aliphatic heterocycles. The summed E-state index contributed by atoms with van der Waals surface area (Å²) < 4.78 is 26.8. The molecule has 2 N–H and O–H groups in total. The molecule has 2 fully saturated rings. The van der Waals surface area contributed by atoms with E-state index in [1.54, 1.807) is 4.31 Å². The average molecular weight is 260 g/mol. The predicted molar refractivity (Wildman–Crippen MR) is 69.2 cm³/mol. The normalized spacial score (nSPS) is 33.8. The van der Waals surface area contributed by atoms with Crippen LogP contribution < -0.4 is 5.73 Å². The standard InChI is InChI=1S/C12H24N2O2S/c1-10-9-11(13)7-8-14(10)17(15,16)12-5-3-2-4-6-12/h10-12H,2-9,13H2,1H3. The lowest BCUT2D eigenvalue weighted by molar-refractivity contribution is 0.242. The number of sulfonamides is 1. The van der Waals surface area contributed by atoms with E-state index in [0.29, 0.717) is 6.54 Å². The summed E-state index contributed by atoms with van der Waals surface area (Å²) in [5, 5.41) is -0.131. The lowest BCUT2D eigenvalue weighted by atomic mass is 10.0. The number of hydrogen-bond acceptors (Lipinski definition) is 3. The van der Waals surface area contributed by atoms with Gasteiger partial charge in [0.05, 0.1) is 5.25 Å². The second kappa shape index (κ2) is 5.24. The highest BCUT2D eigenvalue weighted by Crippen LogP contribution is 2.29. The van der Waals surface area contributed by atoms with Crippen LogP contribution in [0.1, 0.15) is 51.9 Å². The molecule has 1 saturated heterocycles. The van der Waals surface area contributed by atoms with Crippen molar-refractivity contribution in [2.45, 2.75) is 69.2 Å². The largest absolute Gasteiger partial charge is 0.328 e. The van der Waals surface area contributed by atoms with Crippen LogP contribution in [0.4, 0.5) is 0 Å². The number of nitrogens with zero attached hydrogens (tertiary/aromatic N) is 1. The van der Waals surface area contributed by atoms with E-state index in [9.17, 15) is 8.42 Å². The van der Waals surface area contributed by atoms with Gasteiger partial charge in [0, 0.05) is 18.6 Å². The molecule has 2 unspecified atom stereocenters. The van der Waals surface area contributed by atoms with Gasteiger partial charge in [-0.25, -0.2) is 8.42 Å². The molecule has 17 heavy (non-hydrogen) atoms. The molecule has 2 rings (SSSR count).